The Kier molecular flexibility index (Phi) is 15.1. The van der Waals surface area contributed by atoms with Gasteiger partial charge < -0.3 is 54.8 Å². The minimum Gasteiger partial charge on any atom is -0.480 e. The molecule has 0 saturated carbocycles. The van der Waals surface area contributed by atoms with Crippen LogP contribution in [0.5, 0.6) is 0 Å². The largest absolute Gasteiger partial charge is 0.480 e. The van der Waals surface area contributed by atoms with Gasteiger partial charge in [0.2, 0.25) is 17.7 Å². The number of amides is 3. The van der Waals surface area contributed by atoms with E-state index in [2.05, 4.69) is 25.9 Å². The number of carbonyl (C=O) groups is 4. The number of hydrogen-bond donors (Lipinski definition) is 10. The van der Waals surface area contributed by atoms with E-state index in [1.165, 1.54) is 0 Å². The molecule has 0 aromatic heterocycles. The van der Waals surface area contributed by atoms with E-state index in [4.69, 9.17) is 28.7 Å². The zero-order valence-corrected chi connectivity index (χ0v) is 22.2. The van der Waals surface area contributed by atoms with Gasteiger partial charge in [0.25, 0.3) is 0 Å². The molecule has 0 fully saturated rings. The van der Waals surface area contributed by atoms with Gasteiger partial charge in [-0.1, -0.05) is 30.3 Å². The van der Waals surface area contributed by atoms with Crippen molar-refractivity contribution in [3.63, 3.8) is 0 Å². The first-order chi connectivity index (χ1) is 18.9. The van der Waals surface area contributed by atoms with Crippen molar-refractivity contribution in [3.8, 4) is 0 Å². The summed E-state index contributed by atoms with van der Waals surface area (Å²) in [4.78, 5) is 57.8. The maximum atomic E-state index is 13.0. The summed E-state index contributed by atoms with van der Waals surface area (Å²) in [5.74, 6) is -3.95. The molecule has 16 heteroatoms. The lowest BCUT2D eigenvalue weighted by molar-refractivity contribution is -0.142. The van der Waals surface area contributed by atoms with Crippen molar-refractivity contribution in [3.05, 3.63) is 35.9 Å². The Balaban J connectivity index is 2.89. The Morgan fingerprint density at radius 2 is 1.23 bits per heavy atom. The fourth-order valence-electron chi connectivity index (χ4n) is 3.51. The third kappa shape index (κ3) is 13.4. The number of carbonyl (C=O) groups excluding carboxylic acids is 3. The number of aliphatic imine (C=N–C) groups is 2. The molecule has 3 amide bonds. The lowest BCUT2D eigenvalue weighted by Gasteiger charge is -2.24. The summed E-state index contributed by atoms with van der Waals surface area (Å²) in [6.07, 6.45) is 0.743. The van der Waals surface area contributed by atoms with E-state index in [0.717, 1.165) is 5.56 Å². The lowest BCUT2D eigenvalue weighted by Crippen LogP contribution is -2.58. The topological polar surface area (TPSA) is 300 Å². The van der Waals surface area contributed by atoms with E-state index in [1.54, 1.807) is 24.3 Å². The molecule has 0 aliphatic carbocycles. The molecular formula is C24H40N10O6. The second kappa shape index (κ2) is 18.0. The van der Waals surface area contributed by atoms with Gasteiger partial charge in [-0.15, -0.1) is 0 Å². The molecule has 0 saturated heterocycles. The third-order valence-electron chi connectivity index (χ3n) is 5.59. The van der Waals surface area contributed by atoms with Gasteiger partial charge in [0.15, 0.2) is 11.9 Å². The van der Waals surface area contributed by atoms with Gasteiger partial charge in [-0.3, -0.25) is 24.4 Å². The lowest BCUT2D eigenvalue weighted by atomic mass is 10.1. The molecule has 15 N–H and O–H groups in total. The normalized spacial score (nSPS) is 13.6. The van der Waals surface area contributed by atoms with Crippen molar-refractivity contribution in [1.82, 2.24) is 16.0 Å². The Labute approximate surface area is 231 Å². The summed E-state index contributed by atoms with van der Waals surface area (Å²) in [5, 5.41) is 26.5. The molecule has 222 valence electrons. The zero-order chi connectivity index (χ0) is 30.1. The predicted molar refractivity (Wildman–Crippen MR) is 148 cm³/mol. The number of aliphatic carboxylic acids is 1. The van der Waals surface area contributed by atoms with E-state index < -0.39 is 54.5 Å². The van der Waals surface area contributed by atoms with Crippen LogP contribution in [0, 0.1) is 0 Å². The SMILES string of the molecule is NC(N)=NCCCC(NC(=O)C(CCCN=C(N)N)NC(=O)C(CO)NC(=O)C(N)Cc1ccccc1)C(=O)O. The average molecular weight is 565 g/mol. The quantitative estimate of drug-likeness (QED) is 0.0468. The molecule has 0 aliphatic rings. The fraction of sp³-hybridized carbons (Fsp3) is 0.500. The van der Waals surface area contributed by atoms with Crippen molar-refractivity contribution in [2.45, 2.75) is 56.3 Å². The highest BCUT2D eigenvalue weighted by atomic mass is 16.4. The van der Waals surface area contributed by atoms with E-state index in [1.807, 2.05) is 6.07 Å². The second-order valence-corrected chi connectivity index (χ2v) is 8.90. The van der Waals surface area contributed by atoms with E-state index >= 15 is 0 Å². The first-order valence-electron chi connectivity index (χ1n) is 12.6. The number of nitrogens with zero attached hydrogens (tertiary/aromatic N) is 2. The van der Waals surface area contributed by atoms with Gasteiger partial charge in [0.1, 0.15) is 18.1 Å². The number of aliphatic hydroxyl groups excluding tert-OH is 1. The van der Waals surface area contributed by atoms with Gasteiger partial charge in [0, 0.05) is 13.1 Å². The summed E-state index contributed by atoms with van der Waals surface area (Å²) in [7, 11) is 0. The van der Waals surface area contributed by atoms with Crippen LogP contribution in [0.1, 0.15) is 31.2 Å². The highest BCUT2D eigenvalue weighted by molar-refractivity contribution is 5.94. The van der Waals surface area contributed by atoms with Crippen LogP contribution < -0.4 is 44.6 Å². The van der Waals surface area contributed by atoms with E-state index in [-0.39, 0.29) is 57.1 Å². The Morgan fingerprint density at radius 1 is 0.750 bits per heavy atom. The number of carboxylic acid groups (broad SMARTS) is 1. The number of hydrogen-bond acceptors (Lipinski definition) is 8. The zero-order valence-electron chi connectivity index (χ0n) is 22.2. The van der Waals surface area contributed by atoms with Crippen LogP contribution in [0.3, 0.4) is 0 Å². The molecule has 16 nitrogen and oxygen atoms in total. The van der Waals surface area contributed by atoms with Crippen LogP contribution in [0.15, 0.2) is 40.3 Å². The number of aliphatic hydroxyl groups is 1. The molecule has 0 heterocycles. The highest BCUT2D eigenvalue weighted by Gasteiger charge is 2.30. The smallest absolute Gasteiger partial charge is 0.326 e. The van der Waals surface area contributed by atoms with Crippen molar-refractivity contribution >= 4 is 35.6 Å². The van der Waals surface area contributed by atoms with Crippen molar-refractivity contribution in [2.24, 2.45) is 38.7 Å². The van der Waals surface area contributed by atoms with Crippen LogP contribution in [-0.2, 0) is 25.6 Å². The third-order valence-corrected chi connectivity index (χ3v) is 5.59. The van der Waals surface area contributed by atoms with Gasteiger partial charge in [-0.2, -0.15) is 0 Å². The van der Waals surface area contributed by atoms with Gasteiger partial charge in [-0.25, -0.2) is 4.79 Å². The number of nitrogens with one attached hydrogen (secondary N) is 3. The highest BCUT2D eigenvalue weighted by Crippen LogP contribution is 2.05. The first-order valence-corrected chi connectivity index (χ1v) is 12.6. The summed E-state index contributed by atoms with van der Waals surface area (Å²) in [5.41, 5.74) is 27.9. The first kappa shape index (κ1) is 33.6. The number of carboxylic acids is 1. The molecule has 1 aromatic rings. The van der Waals surface area contributed by atoms with Gasteiger partial charge in [-0.05, 0) is 37.7 Å². The minimum atomic E-state index is -1.42. The van der Waals surface area contributed by atoms with Crippen LogP contribution in [-0.4, -0.2) is 89.7 Å². The maximum absolute atomic E-state index is 13.0. The van der Waals surface area contributed by atoms with Gasteiger partial charge >= 0.3 is 5.97 Å². The maximum Gasteiger partial charge on any atom is 0.326 e. The molecule has 0 aliphatic heterocycles. The standard InChI is InChI=1S/C24H40N10O6/c25-15(12-14-6-2-1-3-7-14)19(36)34-18(13-35)21(38)32-16(8-4-10-30-23(26)27)20(37)33-17(22(39)40)9-5-11-31-24(28)29/h1-3,6-7,15-18,35H,4-5,8-13,25H2,(H,32,38)(H,33,37)(H,34,36)(H,39,40)(H4,26,27,30)(H4,28,29,31). The Morgan fingerprint density at radius 3 is 1.73 bits per heavy atom. The molecule has 0 spiro atoms. The van der Waals surface area contributed by atoms with Crippen LogP contribution in [0.25, 0.3) is 0 Å². The van der Waals surface area contributed by atoms with Crippen LogP contribution in [0.4, 0.5) is 0 Å². The predicted octanol–water partition coefficient (Wildman–Crippen LogP) is -3.81. The monoisotopic (exact) mass is 564 g/mol. The molecule has 1 aromatic carbocycles. The molecule has 1 rings (SSSR count). The molecule has 0 bridgehead atoms. The Hall–Kier alpha value is -4.44. The number of rotatable bonds is 18. The summed E-state index contributed by atoms with van der Waals surface area (Å²) >= 11 is 0. The molecule has 0 radical (unpaired) electrons. The average Bonchev–Trinajstić information content (AvgIpc) is 2.90. The fourth-order valence-corrected chi connectivity index (χ4v) is 3.51. The van der Waals surface area contributed by atoms with Crippen molar-refractivity contribution < 1.29 is 29.4 Å². The Bertz CT molecular complexity index is 1030. The van der Waals surface area contributed by atoms with E-state index in [9.17, 15) is 29.4 Å². The molecular weight excluding hydrogens is 524 g/mol. The van der Waals surface area contributed by atoms with Crippen LogP contribution >= 0.6 is 0 Å². The summed E-state index contributed by atoms with van der Waals surface area (Å²) in [6, 6.07) is 4.04. The summed E-state index contributed by atoms with van der Waals surface area (Å²) in [6.45, 7) is -0.483. The second-order valence-electron chi connectivity index (χ2n) is 8.90. The van der Waals surface area contributed by atoms with Crippen molar-refractivity contribution in [1.29, 1.82) is 0 Å². The molecule has 40 heavy (non-hydrogen) atoms. The summed E-state index contributed by atoms with van der Waals surface area (Å²) < 4.78 is 0. The number of nitrogens with two attached hydrogens (primary N) is 5. The van der Waals surface area contributed by atoms with Crippen LogP contribution in [0.2, 0.25) is 0 Å². The van der Waals surface area contributed by atoms with E-state index in [0.29, 0.717) is 0 Å². The number of guanidine groups is 2. The number of benzene rings is 1. The van der Waals surface area contributed by atoms with Gasteiger partial charge in [0.05, 0.1) is 12.6 Å². The molecule has 4 atom stereocenters. The molecule has 4 unspecified atom stereocenters. The minimum absolute atomic E-state index is 0.0150. The van der Waals surface area contributed by atoms with Crippen molar-refractivity contribution in [2.75, 3.05) is 19.7 Å².